The van der Waals surface area contributed by atoms with Crippen LogP contribution in [0.1, 0.15) is 22.5 Å². The quantitative estimate of drug-likeness (QED) is 0.764. The molecule has 1 amide bonds. The number of benzene rings is 1. The van der Waals surface area contributed by atoms with Crippen molar-refractivity contribution in [3.8, 4) is 11.3 Å². The number of aryl methyl sites for hydroxylation is 1. The summed E-state index contributed by atoms with van der Waals surface area (Å²) in [6.07, 6.45) is 3.74. The molecule has 4 rings (SSSR count). The molecule has 6 heteroatoms. The van der Waals surface area contributed by atoms with Crippen molar-refractivity contribution in [2.75, 3.05) is 0 Å². The highest BCUT2D eigenvalue weighted by molar-refractivity contribution is 5.78. The molecule has 0 fully saturated rings. The Labute approximate surface area is 133 Å². The van der Waals surface area contributed by atoms with Crippen molar-refractivity contribution in [1.29, 1.82) is 0 Å². The highest BCUT2D eigenvalue weighted by Crippen LogP contribution is 2.34. The first-order valence-corrected chi connectivity index (χ1v) is 7.66. The molecule has 1 aliphatic rings. The summed E-state index contributed by atoms with van der Waals surface area (Å²) in [5.41, 5.74) is 11.7. The largest absolute Gasteiger partial charge is 0.369 e. The van der Waals surface area contributed by atoms with E-state index in [2.05, 4.69) is 27.4 Å². The minimum Gasteiger partial charge on any atom is -0.369 e. The number of carbonyl (C=O) groups excluding carboxylic acids is 1. The van der Waals surface area contributed by atoms with E-state index in [0.29, 0.717) is 6.54 Å². The lowest BCUT2D eigenvalue weighted by Crippen LogP contribution is -2.15. The normalized spacial score (nSPS) is 12.7. The van der Waals surface area contributed by atoms with Gasteiger partial charge in [-0.2, -0.15) is 10.2 Å². The van der Waals surface area contributed by atoms with Gasteiger partial charge in [0.05, 0.1) is 30.6 Å². The lowest BCUT2D eigenvalue weighted by Gasteiger charge is -2.14. The molecule has 2 aromatic heterocycles. The molecule has 1 aromatic carbocycles. The van der Waals surface area contributed by atoms with E-state index in [1.807, 2.05) is 29.1 Å². The van der Waals surface area contributed by atoms with Crippen LogP contribution in [0.25, 0.3) is 11.3 Å². The number of aromatic amines is 1. The number of fused-ring (bicyclic) bond motifs is 3. The van der Waals surface area contributed by atoms with Gasteiger partial charge in [-0.25, -0.2) is 0 Å². The van der Waals surface area contributed by atoms with E-state index < -0.39 is 0 Å². The predicted octanol–water partition coefficient (Wildman–Crippen LogP) is 1.45. The minimum atomic E-state index is -0.352. The highest BCUT2D eigenvalue weighted by Gasteiger charge is 2.26. The summed E-state index contributed by atoms with van der Waals surface area (Å²) in [6, 6.07) is 10.2. The van der Waals surface area contributed by atoms with E-state index in [1.54, 1.807) is 0 Å². The summed E-state index contributed by atoms with van der Waals surface area (Å²) in [5, 5.41) is 11.9. The molecule has 0 atom stereocenters. The van der Waals surface area contributed by atoms with Gasteiger partial charge in [0.1, 0.15) is 0 Å². The number of rotatable bonds is 4. The Morgan fingerprint density at radius 3 is 2.87 bits per heavy atom. The number of nitrogens with two attached hydrogens (primary N) is 1. The van der Waals surface area contributed by atoms with Gasteiger partial charge in [-0.3, -0.25) is 14.6 Å². The summed E-state index contributed by atoms with van der Waals surface area (Å²) >= 11 is 0. The van der Waals surface area contributed by atoms with Gasteiger partial charge in [0.2, 0.25) is 5.91 Å². The van der Waals surface area contributed by atoms with Crippen molar-refractivity contribution in [3.05, 3.63) is 59.0 Å². The molecule has 6 nitrogen and oxygen atoms in total. The molecule has 0 aliphatic heterocycles. The van der Waals surface area contributed by atoms with Crippen LogP contribution in [0.5, 0.6) is 0 Å². The first-order valence-electron chi connectivity index (χ1n) is 7.66. The molecule has 1 aliphatic carbocycles. The summed E-state index contributed by atoms with van der Waals surface area (Å²) in [5.74, 6) is -0.352. The number of carbonyl (C=O) groups is 1. The second kappa shape index (κ2) is 5.39. The van der Waals surface area contributed by atoms with Crippen LogP contribution < -0.4 is 5.73 Å². The molecule has 0 spiro atoms. The Morgan fingerprint density at radius 2 is 2.09 bits per heavy atom. The molecule has 0 bridgehead atoms. The molecule has 2 heterocycles. The van der Waals surface area contributed by atoms with Gasteiger partial charge in [-0.15, -0.1) is 0 Å². The minimum absolute atomic E-state index is 0.178. The van der Waals surface area contributed by atoms with Crippen LogP contribution in [0.15, 0.2) is 36.5 Å². The Kier molecular flexibility index (Phi) is 3.22. The summed E-state index contributed by atoms with van der Waals surface area (Å²) in [7, 11) is 0. The highest BCUT2D eigenvalue weighted by atomic mass is 16.1. The van der Waals surface area contributed by atoms with Crippen molar-refractivity contribution in [2.45, 2.75) is 25.8 Å². The third-order valence-corrected chi connectivity index (χ3v) is 4.25. The third kappa shape index (κ3) is 2.42. The van der Waals surface area contributed by atoms with Crippen molar-refractivity contribution in [2.24, 2.45) is 5.73 Å². The summed E-state index contributed by atoms with van der Waals surface area (Å²) < 4.78 is 1.97. The maximum Gasteiger partial charge on any atom is 0.223 e. The van der Waals surface area contributed by atoms with Crippen LogP contribution >= 0.6 is 0 Å². The SMILES string of the molecule is NC(=O)Cc1nn(Cc2ccccc2)c2c1CCc1[nH]ncc1-2. The lowest BCUT2D eigenvalue weighted by atomic mass is 9.93. The molecule has 3 aromatic rings. The standard InChI is InChI=1S/C17H17N5O/c18-16(23)8-15-12-6-7-14-13(9-19-20-14)17(12)22(21-15)10-11-4-2-1-3-5-11/h1-5,9H,6-8,10H2,(H2,18,23)(H,19,20). The average molecular weight is 307 g/mol. The molecular weight excluding hydrogens is 290 g/mol. The van der Waals surface area contributed by atoms with Crippen molar-refractivity contribution >= 4 is 5.91 Å². The number of nitrogens with one attached hydrogen (secondary N) is 1. The number of aromatic nitrogens is 4. The topological polar surface area (TPSA) is 89.6 Å². The predicted molar refractivity (Wildman–Crippen MR) is 85.7 cm³/mol. The van der Waals surface area contributed by atoms with Crippen LogP contribution in [-0.4, -0.2) is 25.9 Å². The number of amides is 1. The fraction of sp³-hybridized carbons (Fsp3) is 0.235. The second-order valence-corrected chi connectivity index (χ2v) is 5.82. The zero-order valence-electron chi connectivity index (χ0n) is 12.6. The molecule has 116 valence electrons. The lowest BCUT2D eigenvalue weighted by molar-refractivity contribution is -0.117. The molecule has 0 saturated carbocycles. The maximum atomic E-state index is 11.4. The van der Waals surface area contributed by atoms with E-state index in [0.717, 1.165) is 41.1 Å². The van der Waals surface area contributed by atoms with E-state index in [9.17, 15) is 4.79 Å². The van der Waals surface area contributed by atoms with Crippen molar-refractivity contribution in [1.82, 2.24) is 20.0 Å². The molecule has 0 unspecified atom stereocenters. The Bertz CT molecular complexity index is 862. The van der Waals surface area contributed by atoms with E-state index in [1.165, 1.54) is 5.56 Å². The van der Waals surface area contributed by atoms with Gasteiger partial charge >= 0.3 is 0 Å². The van der Waals surface area contributed by atoms with E-state index in [4.69, 9.17) is 5.73 Å². The van der Waals surface area contributed by atoms with Gasteiger partial charge in [-0.05, 0) is 18.4 Å². The van der Waals surface area contributed by atoms with Crippen LogP contribution in [0.3, 0.4) is 0 Å². The van der Waals surface area contributed by atoms with Crippen molar-refractivity contribution < 1.29 is 4.79 Å². The first-order chi connectivity index (χ1) is 11.2. The zero-order chi connectivity index (χ0) is 15.8. The molecule has 0 saturated heterocycles. The second-order valence-electron chi connectivity index (χ2n) is 5.82. The number of primary amides is 1. The molecule has 0 radical (unpaired) electrons. The number of H-pyrrole nitrogens is 1. The maximum absolute atomic E-state index is 11.4. The van der Waals surface area contributed by atoms with Crippen LogP contribution in [0, 0.1) is 0 Å². The smallest absolute Gasteiger partial charge is 0.223 e. The van der Waals surface area contributed by atoms with Gasteiger partial charge < -0.3 is 5.73 Å². The third-order valence-electron chi connectivity index (χ3n) is 4.25. The zero-order valence-corrected chi connectivity index (χ0v) is 12.6. The van der Waals surface area contributed by atoms with Crippen LogP contribution in [0.4, 0.5) is 0 Å². The van der Waals surface area contributed by atoms with Crippen LogP contribution in [-0.2, 0) is 30.6 Å². The van der Waals surface area contributed by atoms with E-state index >= 15 is 0 Å². The fourth-order valence-electron chi connectivity index (χ4n) is 3.25. The van der Waals surface area contributed by atoms with Gasteiger partial charge in [0, 0.05) is 16.8 Å². The number of hydrogen-bond donors (Lipinski definition) is 2. The van der Waals surface area contributed by atoms with Gasteiger partial charge in [0.25, 0.3) is 0 Å². The van der Waals surface area contributed by atoms with Crippen LogP contribution in [0.2, 0.25) is 0 Å². The number of nitrogens with zero attached hydrogens (tertiary/aromatic N) is 3. The fourth-order valence-corrected chi connectivity index (χ4v) is 3.25. The first kappa shape index (κ1) is 13.8. The van der Waals surface area contributed by atoms with Gasteiger partial charge in [0.15, 0.2) is 0 Å². The summed E-state index contributed by atoms with van der Waals surface area (Å²) in [6.45, 7) is 0.659. The molecular formula is C17H17N5O. The molecule has 3 N–H and O–H groups in total. The number of hydrogen-bond acceptors (Lipinski definition) is 3. The van der Waals surface area contributed by atoms with E-state index in [-0.39, 0.29) is 12.3 Å². The monoisotopic (exact) mass is 307 g/mol. The Morgan fingerprint density at radius 1 is 1.26 bits per heavy atom. The summed E-state index contributed by atoms with van der Waals surface area (Å²) in [4.78, 5) is 11.4. The molecule has 23 heavy (non-hydrogen) atoms. The Balaban J connectivity index is 1.83. The average Bonchev–Trinajstić information content (AvgIpc) is 3.13. The Hall–Kier alpha value is -2.89. The van der Waals surface area contributed by atoms with Gasteiger partial charge in [-0.1, -0.05) is 30.3 Å². The van der Waals surface area contributed by atoms with Crippen molar-refractivity contribution in [3.63, 3.8) is 0 Å².